The summed E-state index contributed by atoms with van der Waals surface area (Å²) in [7, 11) is 0. The van der Waals surface area contributed by atoms with E-state index in [2.05, 4.69) is 47.6 Å². The Hall–Kier alpha value is -1.09. The largest absolute Gasteiger partial charge is 0.422 e. The number of hydrogen-bond donors (Lipinski definition) is 0. The lowest BCUT2D eigenvalue weighted by Gasteiger charge is -2.33. The van der Waals surface area contributed by atoms with E-state index in [1.165, 1.54) is 19.3 Å². The molecule has 0 radical (unpaired) electrons. The molecule has 3 nitrogen and oxygen atoms in total. The van der Waals surface area contributed by atoms with Gasteiger partial charge >= 0.3 is 5.97 Å². The maximum atomic E-state index is 12.4. The zero-order valence-corrected chi connectivity index (χ0v) is 17.0. The van der Waals surface area contributed by atoms with E-state index in [9.17, 15) is 4.79 Å². The van der Waals surface area contributed by atoms with Gasteiger partial charge in [-0.05, 0) is 43.6 Å². The first-order valence-electron chi connectivity index (χ1n) is 10.2. The third-order valence-electron chi connectivity index (χ3n) is 5.46. The molecule has 2 heterocycles. The molecule has 1 spiro atoms. The molecule has 2 rings (SSSR count). The van der Waals surface area contributed by atoms with Crippen LogP contribution in [-0.2, 0) is 14.3 Å². The number of ether oxygens (including phenoxy) is 2. The lowest BCUT2D eigenvalue weighted by Crippen LogP contribution is -2.38. The molecule has 0 fully saturated rings. The zero-order valence-electron chi connectivity index (χ0n) is 17.0. The molecule has 0 amide bonds. The normalized spacial score (nSPS) is 30.0. The molecule has 0 aliphatic carbocycles. The van der Waals surface area contributed by atoms with Crippen LogP contribution >= 0.6 is 0 Å². The molecular formula is C22H36O3. The fourth-order valence-corrected chi connectivity index (χ4v) is 4.14. The van der Waals surface area contributed by atoms with Crippen LogP contribution in [0.15, 0.2) is 23.3 Å². The van der Waals surface area contributed by atoms with Crippen molar-refractivity contribution in [1.82, 2.24) is 0 Å². The summed E-state index contributed by atoms with van der Waals surface area (Å²) in [5.74, 6) is -0.134. The molecule has 3 heteroatoms. The van der Waals surface area contributed by atoms with Crippen LogP contribution in [0.25, 0.3) is 0 Å². The van der Waals surface area contributed by atoms with E-state index in [1.807, 2.05) is 6.08 Å². The number of carbonyl (C=O) groups excluding carboxylic acids is 1. The minimum atomic E-state index is -0.948. The van der Waals surface area contributed by atoms with E-state index in [1.54, 1.807) is 0 Å². The molecule has 0 aromatic heterocycles. The Morgan fingerprint density at radius 2 is 1.84 bits per heavy atom. The third kappa shape index (κ3) is 4.36. The van der Waals surface area contributed by atoms with Crippen LogP contribution in [0.1, 0.15) is 86.5 Å². The van der Waals surface area contributed by atoms with Gasteiger partial charge in [0.1, 0.15) is 0 Å². The van der Waals surface area contributed by atoms with E-state index in [0.717, 1.165) is 36.8 Å². The second kappa shape index (κ2) is 8.07. The summed E-state index contributed by atoms with van der Waals surface area (Å²) in [5, 5.41) is 0. The van der Waals surface area contributed by atoms with Crippen molar-refractivity contribution in [3.63, 3.8) is 0 Å². The molecule has 2 aliphatic rings. The molecule has 0 aromatic carbocycles. The summed E-state index contributed by atoms with van der Waals surface area (Å²) >= 11 is 0. The van der Waals surface area contributed by atoms with Crippen LogP contribution in [0.2, 0.25) is 0 Å². The fourth-order valence-electron chi connectivity index (χ4n) is 4.14. The lowest BCUT2D eigenvalue weighted by atomic mass is 9.86. The summed E-state index contributed by atoms with van der Waals surface area (Å²) in [4.78, 5) is 12.4. The van der Waals surface area contributed by atoms with Crippen molar-refractivity contribution >= 4 is 5.97 Å². The number of hydrogen-bond acceptors (Lipinski definition) is 3. The van der Waals surface area contributed by atoms with Crippen LogP contribution in [0.3, 0.4) is 0 Å². The molecule has 142 valence electrons. The van der Waals surface area contributed by atoms with Crippen LogP contribution in [0.5, 0.6) is 0 Å². The van der Waals surface area contributed by atoms with Crippen LogP contribution in [0, 0.1) is 11.8 Å². The van der Waals surface area contributed by atoms with E-state index in [0.29, 0.717) is 11.8 Å². The van der Waals surface area contributed by atoms with Crippen molar-refractivity contribution in [2.24, 2.45) is 11.8 Å². The first kappa shape index (κ1) is 20.2. The lowest BCUT2D eigenvalue weighted by molar-refractivity contribution is -0.208. The molecular weight excluding hydrogens is 312 g/mol. The van der Waals surface area contributed by atoms with Gasteiger partial charge in [0.25, 0.3) is 5.79 Å². The predicted octanol–water partition coefficient (Wildman–Crippen LogP) is 5.94. The molecule has 0 aromatic rings. The van der Waals surface area contributed by atoms with Crippen molar-refractivity contribution in [2.45, 2.75) is 97.9 Å². The van der Waals surface area contributed by atoms with Crippen molar-refractivity contribution < 1.29 is 14.3 Å². The van der Waals surface area contributed by atoms with E-state index in [-0.39, 0.29) is 11.6 Å². The van der Waals surface area contributed by atoms with Gasteiger partial charge in [0.2, 0.25) is 0 Å². The Labute approximate surface area is 153 Å². The summed E-state index contributed by atoms with van der Waals surface area (Å²) in [6.07, 6.45) is 11.4. The Kier molecular flexibility index (Phi) is 6.53. The molecule has 1 unspecified atom stereocenters. The Bertz CT molecular complexity index is 545. The summed E-state index contributed by atoms with van der Waals surface area (Å²) < 4.78 is 12.4. The smallest absolute Gasteiger partial charge is 0.336 e. The van der Waals surface area contributed by atoms with Gasteiger partial charge in [0, 0.05) is 17.2 Å². The van der Waals surface area contributed by atoms with E-state index >= 15 is 0 Å². The summed E-state index contributed by atoms with van der Waals surface area (Å²) in [6.45, 7) is 13.1. The summed E-state index contributed by atoms with van der Waals surface area (Å²) in [6, 6.07) is 0. The number of unbranched alkanes of at least 4 members (excludes halogenated alkanes) is 1. The molecule has 0 bridgehead atoms. The second-order valence-electron chi connectivity index (χ2n) is 8.32. The summed E-state index contributed by atoms with van der Waals surface area (Å²) in [5.41, 5.74) is 1.55. The van der Waals surface area contributed by atoms with Gasteiger partial charge in [-0.3, -0.25) is 0 Å². The topological polar surface area (TPSA) is 35.5 Å². The highest BCUT2D eigenvalue weighted by atomic mass is 16.7. The standard InChI is InChI=1S/C22H36O3/c1-7-10-11-17(6)13-21(9-3)15-19(8-2)22(25-21)14-18(12-16(4)5)20(23)24-22/h14-17H,7-13H2,1-6H3/t17?,21-,22-/m0/s1. The maximum Gasteiger partial charge on any atom is 0.336 e. The van der Waals surface area contributed by atoms with Crippen molar-refractivity contribution in [2.75, 3.05) is 0 Å². The Morgan fingerprint density at radius 1 is 1.12 bits per heavy atom. The van der Waals surface area contributed by atoms with Crippen LogP contribution in [0.4, 0.5) is 0 Å². The van der Waals surface area contributed by atoms with E-state index < -0.39 is 5.79 Å². The molecule has 3 atom stereocenters. The van der Waals surface area contributed by atoms with Crippen LogP contribution in [-0.4, -0.2) is 17.4 Å². The van der Waals surface area contributed by atoms with E-state index in [4.69, 9.17) is 9.47 Å². The quantitative estimate of drug-likeness (QED) is 0.382. The van der Waals surface area contributed by atoms with Gasteiger partial charge in [-0.1, -0.05) is 60.8 Å². The fraction of sp³-hybridized carbons (Fsp3) is 0.773. The van der Waals surface area contributed by atoms with Gasteiger partial charge in [0.15, 0.2) is 0 Å². The average Bonchev–Trinajstić information content (AvgIpc) is 3.02. The molecule has 25 heavy (non-hydrogen) atoms. The van der Waals surface area contributed by atoms with Gasteiger partial charge < -0.3 is 9.47 Å². The highest BCUT2D eigenvalue weighted by Gasteiger charge is 2.53. The number of rotatable bonds is 9. The first-order valence-corrected chi connectivity index (χ1v) is 10.2. The van der Waals surface area contributed by atoms with Crippen molar-refractivity contribution in [3.05, 3.63) is 23.3 Å². The molecule has 0 saturated heterocycles. The highest BCUT2D eigenvalue weighted by molar-refractivity contribution is 5.92. The minimum Gasteiger partial charge on any atom is -0.422 e. The Morgan fingerprint density at radius 3 is 2.40 bits per heavy atom. The van der Waals surface area contributed by atoms with Gasteiger partial charge in [-0.15, -0.1) is 0 Å². The number of carbonyl (C=O) groups is 1. The van der Waals surface area contributed by atoms with Crippen molar-refractivity contribution in [1.29, 1.82) is 0 Å². The molecule has 0 saturated carbocycles. The monoisotopic (exact) mass is 348 g/mol. The van der Waals surface area contributed by atoms with Crippen LogP contribution < -0.4 is 0 Å². The Balaban J connectivity index is 2.24. The van der Waals surface area contributed by atoms with Gasteiger partial charge in [-0.25, -0.2) is 4.79 Å². The van der Waals surface area contributed by atoms with Gasteiger partial charge in [-0.2, -0.15) is 0 Å². The maximum absolute atomic E-state index is 12.4. The molecule has 0 N–H and O–H groups in total. The average molecular weight is 349 g/mol. The zero-order chi connectivity index (χ0) is 18.7. The highest BCUT2D eigenvalue weighted by Crippen LogP contribution is 2.48. The first-order chi connectivity index (χ1) is 11.8. The van der Waals surface area contributed by atoms with Gasteiger partial charge in [0.05, 0.1) is 5.60 Å². The number of esters is 1. The third-order valence-corrected chi connectivity index (χ3v) is 5.46. The van der Waals surface area contributed by atoms with Crippen molar-refractivity contribution in [3.8, 4) is 0 Å². The second-order valence-corrected chi connectivity index (χ2v) is 8.32. The molecule has 2 aliphatic heterocycles. The predicted molar refractivity (Wildman–Crippen MR) is 102 cm³/mol. The minimum absolute atomic E-state index is 0.209. The SMILES string of the molecule is CCCCC(C)C[C@@]1(CC)C=C(CC)[C@]2(C=C(CC(C)C)C(=O)O2)O1.